The summed E-state index contributed by atoms with van der Waals surface area (Å²) in [5.41, 5.74) is 0. The Morgan fingerprint density at radius 2 is 0.960 bits per heavy atom. The third-order valence-electron chi connectivity index (χ3n) is 4.41. The van der Waals surface area contributed by atoms with Crippen molar-refractivity contribution in [2.75, 3.05) is 13.2 Å². The molecule has 1 heterocycles. The highest BCUT2D eigenvalue weighted by Gasteiger charge is 2.47. The first kappa shape index (κ1) is 16.3. The fourth-order valence-electron chi connectivity index (χ4n) is 3.27. The Bertz CT molecular complexity index is 696. The topological polar surface area (TPSA) is 27.7 Å². The van der Waals surface area contributed by atoms with Crippen LogP contribution in [0.25, 0.3) is 0 Å². The van der Waals surface area contributed by atoms with E-state index in [4.69, 9.17) is 13.7 Å². The largest absolute Gasteiger partial charge is 0.629 e. The van der Waals surface area contributed by atoms with Crippen LogP contribution >= 0.6 is 0 Å². The molecule has 1 saturated heterocycles. The van der Waals surface area contributed by atoms with Gasteiger partial charge in [-0.1, -0.05) is 91.0 Å². The lowest BCUT2D eigenvalue weighted by molar-refractivity contribution is 0.273. The molecule has 0 N–H and O–H groups in total. The molecule has 0 aromatic heterocycles. The van der Waals surface area contributed by atoms with Crippen LogP contribution in [-0.2, 0) is 13.7 Å². The maximum Gasteiger partial charge on any atom is 0.629 e. The minimum Gasteiger partial charge on any atom is -0.417 e. The Morgan fingerprint density at radius 3 is 1.32 bits per heavy atom. The van der Waals surface area contributed by atoms with Crippen LogP contribution in [0.3, 0.4) is 0 Å². The van der Waals surface area contributed by atoms with Crippen molar-refractivity contribution >= 4 is 31.2 Å². The molecule has 1 aliphatic rings. The first-order valence-electron chi connectivity index (χ1n) is 8.47. The normalized spacial score (nSPS) is 14.6. The average molecular weight is 346 g/mol. The summed E-state index contributed by atoms with van der Waals surface area (Å²) >= 11 is 0. The second-order valence-electron chi connectivity index (χ2n) is 5.93. The highest BCUT2D eigenvalue weighted by atomic mass is 28.4. The third kappa shape index (κ3) is 3.19. The van der Waals surface area contributed by atoms with Crippen molar-refractivity contribution in [3.05, 3.63) is 91.0 Å². The third-order valence-corrected chi connectivity index (χ3v) is 8.39. The Hall–Kier alpha value is -2.18. The highest BCUT2D eigenvalue weighted by Crippen LogP contribution is 2.14. The second kappa shape index (κ2) is 7.37. The van der Waals surface area contributed by atoms with Crippen LogP contribution in [0, 0.1) is 0 Å². The number of hydrogen-bond acceptors (Lipinski definition) is 3. The zero-order chi connectivity index (χ0) is 17.0. The van der Waals surface area contributed by atoms with Gasteiger partial charge in [-0.3, -0.25) is 0 Å². The van der Waals surface area contributed by atoms with Gasteiger partial charge in [-0.2, -0.15) is 0 Å². The van der Waals surface area contributed by atoms with Crippen molar-refractivity contribution in [1.29, 1.82) is 0 Å². The SMILES string of the molecule is c1ccc([Si](OB2OCCO2)(c2ccccc2)c2ccccc2)cc1. The van der Waals surface area contributed by atoms with Gasteiger partial charge in [0, 0.05) is 0 Å². The van der Waals surface area contributed by atoms with E-state index in [1.807, 2.05) is 18.2 Å². The van der Waals surface area contributed by atoms with Gasteiger partial charge in [0.25, 0.3) is 8.32 Å². The maximum atomic E-state index is 6.65. The number of rotatable bonds is 5. The Balaban J connectivity index is 1.93. The molecule has 0 aliphatic carbocycles. The minimum atomic E-state index is -2.74. The lowest BCUT2D eigenvalue weighted by Gasteiger charge is -2.33. The van der Waals surface area contributed by atoms with Crippen molar-refractivity contribution in [2.45, 2.75) is 0 Å². The molecule has 25 heavy (non-hydrogen) atoms. The molecule has 0 radical (unpaired) electrons. The highest BCUT2D eigenvalue weighted by molar-refractivity contribution is 7.09. The summed E-state index contributed by atoms with van der Waals surface area (Å²) in [6.07, 6.45) is 0. The van der Waals surface area contributed by atoms with Crippen molar-refractivity contribution < 1.29 is 13.7 Å². The standard InChI is InChI=1S/C20H19BO3Si/c1-4-10-18(11-5-1)25(19-12-6-2-7-13-19,20-14-8-3-9-15-20)24-21-22-16-17-23-21/h1-15H,16-17H2. The molecule has 4 rings (SSSR count). The molecule has 3 aromatic carbocycles. The van der Waals surface area contributed by atoms with Crippen molar-refractivity contribution in [2.24, 2.45) is 0 Å². The summed E-state index contributed by atoms with van der Waals surface area (Å²) < 4.78 is 18.0. The van der Waals surface area contributed by atoms with E-state index in [9.17, 15) is 0 Å². The fourth-order valence-corrected chi connectivity index (χ4v) is 7.09. The predicted octanol–water partition coefficient (Wildman–Crippen LogP) is 1.70. The molecule has 0 bridgehead atoms. The van der Waals surface area contributed by atoms with Crippen LogP contribution < -0.4 is 15.6 Å². The van der Waals surface area contributed by atoms with Gasteiger partial charge in [0.05, 0.1) is 13.2 Å². The van der Waals surface area contributed by atoms with Gasteiger partial charge < -0.3 is 13.7 Å². The molecule has 0 atom stereocenters. The minimum absolute atomic E-state index is 0.563. The Kier molecular flexibility index (Phi) is 4.81. The van der Waals surface area contributed by atoms with Crippen LogP contribution in [0.1, 0.15) is 0 Å². The van der Waals surface area contributed by atoms with Crippen LogP contribution in [0.5, 0.6) is 0 Å². The molecule has 5 heteroatoms. The van der Waals surface area contributed by atoms with Crippen LogP contribution in [0.2, 0.25) is 0 Å². The van der Waals surface area contributed by atoms with Gasteiger partial charge in [-0.25, -0.2) is 0 Å². The van der Waals surface area contributed by atoms with Crippen LogP contribution in [0.15, 0.2) is 91.0 Å². The predicted molar refractivity (Wildman–Crippen MR) is 103 cm³/mol. The van der Waals surface area contributed by atoms with Crippen molar-refractivity contribution in [3.63, 3.8) is 0 Å². The molecule has 0 spiro atoms. The van der Waals surface area contributed by atoms with E-state index in [1.165, 1.54) is 15.6 Å². The monoisotopic (exact) mass is 346 g/mol. The molecular formula is C20H19BO3Si. The molecule has 1 aliphatic heterocycles. The Morgan fingerprint density at radius 1 is 0.600 bits per heavy atom. The van der Waals surface area contributed by atoms with Crippen molar-refractivity contribution in [1.82, 2.24) is 0 Å². The van der Waals surface area contributed by atoms with Gasteiger partial charge in [-0.15, -0.1) is 0 Å². The molecule has 3 nitrogen and oxygen atoms in total. The van der Waals surface area contributed by atoms with E-state index in [-0.39, 0.29) is 0 Å². The van der Waals surface area contributed by atoms with Gasteiger partial charge >= 0.3 is 7.32 Å². The van der Waals surface area contributed by atoms with E-state index >= 15 is 0 Å². The zero-order valence-electron chi connectivity index (χ0n) is 13.9. The quantitative estimate of drug-likeness (QED) is 0.520. The van der Waals surface area contributed by atoms with Gasteiger partial charge in [-0.05, 0) is 15.6 Å². The van der Waals surface area contributed by atoms with E-state index in [1.54, 1.807) is 0 Å². The smallest absolute Gasteiger partial charge is 0.417 e. The summed E-state index contributed by atoms with van der Waals surface area (Å²) in [6, 6.07) is 31.3. The fraction of sp³-hybridized carbons (Fsp3) is 0.100. The van der Waals surface area contributed by atoms with E-state index in [2.05, 4.69) is 72.8 Å². The molecule has 124 valence electrons. The van der Waals surface area contributed by atoms with Crippen LogP contribution in [0.4, 0.5) is 0 Å². The van der Waals surface area contributed by atoms with E-state index in [0.29, 0.717) is 13.2 Å². The van der Waals surface area contributed by atoms with E-state index < -0.39 is 15.6 Å². The van der Waals surface area contributed by atoms with E-state index in [0.717, 1.165) is 0 Å². The first-order valence-corrected chi connectivity index (χ1v) is 10.4. The lowest BCUT2D eigenvalue weighted by Crippen LogP contribution is -2.71. The average Bonchev–Trinajstić information content (AvgIpc) is 3.21. The summed E-state index contributed by atoms with van der Waals surface area (Å²) in [4.78, 5) is 0. The maximum absolute atomic E-state index is 6.65. The van der Waals surface area contributed by atoms with Gasteiger partial charge in [0.15, 0.2) is 0 Å². The summed E-state index contributed by atoms with van der Waals surface area (Å²) in [6.45, 7) is 1.13. The van der Waals surface area contributed by atoms with Gasteiger partial charge in [0.2, 0.25) is 0 Å². The second-order valence-corrected chi connectivity index (χ2v) is 9.26. The number of benzene rings is 3. The van der Waals surface area contributed by atoms with Crippen LogP contribution in [-0.4, -0.2) is 28.9 Å². The first-order chi connectivity index (χ1) is 12.4. The molecular weight excluding hydrogens is 327 g/mol. The zero-order valence-corrected chi connectivity index (χ0v) is 14.9. The molecule has 1 fully saturated rings. The van der Waals surface area contributed by atoms with Gasteiger partial charge in [0.1, 0.15) is 0 Å². The summed E-state index contributed by atoms with van der Waals surface area (Å²) in [5, 5.41) is 3.52. The lowest BCUT2D eigenvalue weighted by atomic mass is 10.3. The Labute approximate surface area is 149 Å². The summed E-state index contributed by atoms with van der Waals surface area (Å²) in [5.74, 6) is 0. The molecule has 0 amide bonds. The summed E-state index contributed by atoms with van der Waals surface area (Å²) in [7, 11) is -3.37. The van der Waals surface area contributed by atoms with Crippen molar-refractivity contribution in [3.8, 4) is 0 Å². The molecule has 0 unspecified atom stereocenters. The number of hydrogen-bond donors (Lipinski definition) is 0. The molecule has 3 aromatic rings. The molecule has 0 saturated carbocycles.